The van der Waals surface area contributed by atoms with Crippen LogP contribution in [0.1, 0.15) is 5.56 Å². The van der Waals surface area contributed by atoms with Crippen LogP contribution in [0.25, 0.3) is 0 Å². The molecule has 0 aliphatic heterocycles. The van der Waals surface area contributed by atoms with Crippen LogP contribution in [-0.4, -0.2) is 11.7 Å². The van der Waals surface area contributed by atoms with Gasteiger partial charge in [-0.2, -0.15) is 13.2 Å². The monoisotopic (exact) mass is 397 g/mol. The molecule has 2 rings (SSSR count). The van der Waals surface area contributed by atoms with Gasteiger partial charge in [-0.3, -0.25) is 4.79 Å². The highest BCUT2D eigenvalue weighted by Gasteiger charge is 2.33. The fourth-order valence-corrected chi connectivity index (χ4v) is 2.87. The van der Waals surface area contributed by atoms with Gasteiger partial charge in [0.15, 0.2) is 0 Å². The SMILES string of the molecule is O=C(CSc1ccc(Cl)c(C(F)(F)F)c1)Nc1cc(Cl)ccc1F. The molecular formula is C15H9Cl2F4NOS. The number of halogens is 6. The second-order valence-electron chi connectivity index (χ2n) is 4.60. The molecule has 0 saturated carbocycles. The van der Waals surface area contributed by atoms with E-state index in [1.54, 1.807) is 0 Å². The van der Waals surface area contributed by atoms with Gasteiger partial charge in [0.25, 0.3) is 0 Å². The predicted octanol–water partition coefficient (Wildman–Crippen LogP) is 5.88. The summed E-state index contributed by atoms with van der Waals surface area (Å²) in [6.07, 6.45) is -4.58. The van der Waals surface area contributed by atoms with E-state index < -0.39 is 28.5 Å². The molecule has 0 radical (unpaired) electrons. The molecule has 24 heavy (non-hydrogen) atoms. The molecule has 1 amide bonds. The maximum absolute atomic E-state index is 13.5. The van der Waals surface area contributed by atoms with Crippen molar-refractivity contribution < 1.29 is 22.4 Å². The molecule has 2 aromatic rings. The highest BCUT2D eigenvalue weighted by molar-refractivity contribution is 8.00. The number of hydrogen-bond donors (Lipinski definition) is 1. The summed E-state index contributed by atoms with van der Waals surface area (Å²) in [6, 6.07) is 7.01. The first-order valence-corrected chi connectivity index (χ1v) is 8.15. The van der Waals surface area contributed by atoms with E-state index in [9.17, 15) is 22.4 Å². The number of hydrogen-bond acceptors (Lipinski definition) is 2. The third kappa shape index (κ3) is 5.03. The number of carbonyl (C=O) groups excluding carboxylic acids is 1. The molecule has 0 saturated heterocycles. The van der Waals surface area contributed by atoms with E-state index >= 15 is 0 Å². The van der Waals surface area contributed by atoms with Crippen LogP contribution in [0.5, 0.6) is 0 Å². The summed E-state index contributed by atoms with van der Waals surface area (Å²) in [6.45, 7) is 0. The van der Waals surface area contributed by atoms with Crippen molar-refractivity contribution in [2.24, 2.45) is 0 Å². The second kappa shape index (κ2) is 7.63. The number of benzene rings is 2. The first-order valence-electron chi connectivity index (χ1n) is 6.41. The van der Waals surface area contributed by atoms with Crippen molar-refractivity contribution in [2.45, 2.75) is 11.1 Å². The van der Waals surface area contributed by atoms with Crippen molar-refractivity contribution in [3.63, 3.8) is 0 Å². The van der Waals surface area contributed by atoms with Gasteiger partial charge in [-0.15, -0.1) is 11.8 Å². The summed E-state index contributed by atoms with van der Waals surface area (Å²) in [4.78, 5) is 12.0. The average molecular weight is 398 g/mol. The van der Waals surface area contributed by atoms with Crippen LogP contribution in [-0.2, 0) is 11.0 Å². The van der Waals surface area contributed by atoms with Gasteiger partial charge in [-0.25, -0.2) is 4.39 Å². The first-order chi connectivity index (χ1) is 11.2. The molecule has 0 bridgehead atoms. The fraction of sp³-hybridized carbons (Fsp3) is 0.133. The number of amides is 1. The lowest BCUT2D eigenvalue weighted by atomic mass is 10.2. The normalized spacial score (nSPS) is 11.4. The van der Waals surface area contributed by atoms with Crippen LogP contribution in [0, 0.1) is 5.82 Å². The number of nitrogens with one attached hydrogen (secondary N) is 1. The number of thioether (sulfide) groups is 1. The fourth-order valence-electron chi connectivity index (χ4n) is 1.74. The van der Waals surface area contributed by atoms with E-state index in [-0.39, 0.29) is 21.4 Å². The summed E-state index contributed by atoms with van der Waals surface area (Å²) in [5.41, 5.74) is -1.07. The summed E-state index contributed by atoms with van der Waals surface area (Å²) >= 11 is 12.1. The van der Waals surface area contributed by atoms with Crippen LogP contribution in [0.4, 0.5) is 23.2 Å². The number of carbonyl (C=O) groups is 1. The molecule has 0 atom stereocenters. The van der Waals surface area contributed by atoms with Crippen LogP contribution < -0.4 is 5.32 Å². The molecule has 0 fully saturated rings. The zero-order valence-electron chi connectivity index (χ0n) is 11.8. The number of alkyl halides is 3. The van der Waals surface area contributed by atoms with E-state index in [0.717, 1.165) is 30.0 Å². The second-order valence-corrected chi connectivity index (χ2v) is 6.49. The quantitative estimate of drug-likeness (QED) is 0.515. The summed E-state index contributed by atoms with van der Waals surface area (Å²) < 4.78 is 51.8. The maximum atomic E-state index is 13.5. The summed E-state index contributed by atoms with van der Waals surface area (Å²) in [7, 11) is 0. The summed E-state index contributed by atoms with van der Waals surface area (Å²) in [5.74, 6) is -1.45. The Morgan fingerprint density at radius 1 is 1.12 bits per heavy atom. The first kappa shape index (κ1) is 18.9. The predicted molar refractivity (Wildman–Crippen MR) is 87.2 cm³/mol. The Morgan fingerprint density at radius 2 is 1.83 bits per heavy atom. The van der Waals surface area contributed by atoms with E-state index in [1.165, 1.54) is 18.2 Å². The standard InChI is InChI=1S/C15H9Cl2F4NOS/c16-8-1-4-12(18)13(5-8)22-14(23)7-24-9-2-3-11(17)10(6-9)15(19,20)21/h1-6H,7H2,(H,22,23). The van der Waals surface area contributed by atoms with Gasteiger partial charge in [0.2, 0.25) is 5.91 Å². The van der Waals surface area contributed by atoms with E-state index in [0.29, 0.717) is 0 Å². The molecule has 9 heteroatoms. The molecule has 0 aromatic heterocycles. The highest BCUT2D eigenvalue weighted by atomic mass is 35.5. The lowest BCUT2D eigenvalue weighted by Gasteiger charge is -2.11. The van der Waals surface area contributed by atoms with Crippen LogP contribution in [0.3, 0.4) is 0 Å². The third-order valence-electron chi connectivity index (χ3n) is 2.82. The number of rotatable bonds is 4. The maximum Gasteiger partial charge on any atom is 0.417 e. The lowest BCUT2D eigenvalue weighted by molar-refractivity contribution is -0.137. The Labute approximate surface area is 149 Å². The molecule has 0 unspecified atom stereocenters. The number of anilines is 1. The molecule has 0 heterocycles. The molecule has 128 valence electrons. The minimum atomic E-state index is -4.58. The molecular weight excluding hydrogens is 389 g/mol. The van der Waals surface area contributed by atoms with Gasteiger partial charge in [-0.1, -0.05) is 23.2 Å². The van der Waals surface area contributed by atoms with Gasteiger partial charge in [-0.05, 0) is 36.4 Å². The lowest BCUT2D eigenvalue weighted by Crippen LogP contribution is -2.15. The van der Waals surface area contributed by atoms with Crippen molar-refractivity contribution in [2.75, 3.05) is 11.1 Å². The minimum absolute atomic E-state index is 0.0970. The highest BCUT2D eigenvalue weighted by Crippen LogP contribution is 2.37. The van der Waals surface area contributed by atoms with Crippen molar-refractivity contribution >= 4 is 46.6 Å². The molecule has 1 N–H and O–H groups in total. The van der Waals surface area contributed by atoms with E-state index in [1.807, 2.05) is 0 Å². The third-order valence-corrected chi connectivity index (χ3v) is 4.37. The van der Waals surface area contributed by atoms with Crippen LogP contribution in [0.2, 0.25) is 10.0 Å². The zero-order chi connectivity index (χ0) is 17.9. The Hall–Kier alpha value is -1.44. The topological polar surface area (TPSA) is 29.1 Å². The van der Waals surface area contributed by atoms with Crippen LogP contribution in [0.15, 0.2) is 41.3 Å². The van der Waals surface area contributed by atoms with Crippen molar-refractivity contribution in [1.29, 1.82) is 0 Å². The van der Waals surface area contributed by atoms with Gasteiger partial charge in [0.1, 0.15) is 5.82 Å². The van der Waals surface area contributed by atoms with Crippen molar-refractivity contribution in [3.05, 3.63) is 57.8 Å². The van der Waals surface area contributed by atoms with Gasteiger partial charge >= 0.3 is 6.18 Å². The Bertz CT molecular complexity index is 768. The largest absolute Gasteiger partial charge is 0.417 e. The Morgan fingerprint density at radius 3 is 2.50 bits per heavy atom. The molecule has 0 aliphatic rings. The van der Waals surface area contributed by atoms with Gasteiger partial charge < -0.3 is 5.32 Å². The van der Waals surface area contributed by atoms with E-state index in [4.69, 9.17) is 23.2 Å². The molecule has 0 spiro atoms. The van der Waals surface area contributed by atoms with Crippen molar-refractivity contribution in [3.8, 4) is 0 Å². The van der Waals surface area contributed by atoms with Crippen LogP contribution >= 0.6 is 35.0 Å². The minimum Gasteiger partial charge on any atom is -0.323 e. The molecule has 2 aromatic carbocycles. The Balaban J connectivity index is 2.03. The smallest absolute Gasteiger partial charge is 0.323 e. The Kier molecular flexibility index (Phi) is 6.01. The van der Waals surface area contributed by atoms with E-state index in [2.05, 4.69) is 5.32 Å². The summed E-state index contributed by atoms with van der Waals surface area (Å²) in [5, 5.41) is 2.13. The molecule has 0 aliphatic carbocycles. The van der Waals surface area contributed by atoms with Crippen molar-refractivity contribution in [1.82, 2.24) is 0 Å². The molecule has 2 nitrogen and oxygen atoms in total. The van der Waals surface area contributed by atoms with Gasteiger partial charge in [0, 0.05) is 9.92 Å². The zero-order valence-corrected chi connectivity index (χ0v) is 14.1. The average Bonchev–Trinajstić information content (AvgIpc) is 2.49. The van der Waals surface area contributed by atoms with Gasteiger partial charge in [0.05, 0.1) is 22.0 Å².